The summed E-state index contributed by atoms with van der Waals surface area (Å²) in [6.45, 7) is 11.9. The summed E-state index contributed by atoms with van der Waals surface area (Å²) in [6.07, 6.45) is 0.618. The highest BCUT2D eigenvalue weighted by Gasteiger charge is 2.56. The fourth-order valence-corrected chi connectivity index (χ4v) is 3.30. The van der Waals surface area contributed by atoms with Crippen LogP contribution in [0.4, 0.5) is 4.79 Å². The van der Waals surface area contributed by atoms with E-state index in [0.29, 0.717) is 19.5 Å². The van der Waals surface area contributed by atoms with E-state index in [1.807, 2.05) is 30.3 Å². The molecule has 1 aliphatic rings. The molecule has 8 heteroatoms. The van der Waals surface area contributed by atoms with Crippen LogP contribution >= 0.6 is 0 Å². The molecule has 0 aromatic heterocycles. The van der Waals surface area contributed by atoms with E-state index < -0.39 is 27.9 Å². The number of hydrogen-bond acceptors (Lipinski definition) is 6. The van der Waals surface area contributed by atoms with E-state index in [0.717, 1.165) is 5.56 Å². The lowest BCUT2D eigenvalue weighted by Gasteiger charge is -2.41. The summed E-state index contributed by atoms with van der Waals surface area (Å²) >= 11 is 0. The number of quaternary nitrogens is 1. The number of benzene rings is 1. The molecule has 1 N–H and O–H groups in total. The number of Topliss-reactive ketones (excluding diaryl/α,β-unsaturated/α-hetero) is 1. The van der Waals surface area contributed by atoms with Crippen LogP contribution in [-0.4, -0.2) is 58.1 Å². The van der Waals surface area contributed by atoms with Gasteiger partial charge in [-0.3, -0.25) is 14.5 Å². The zero-order valence-electron chi connectivity index (χ0n) is 18.8. The lowest BCUT2D eigenvalue weighted by Crippen LogP contribution is -2.70. The third-order valence-electron chi connectivity index (χ3n) is 4.53. The number of nitrogens with zero attached hydrogens (tertiary/aromatic N) is 2. The van der Waals surface area contributed by atoms with Crippen molar-refractivity contribution in [3.63, 3.8) is 0 Å². The van der Waals surface area contributed by atoms with Gasteiger partial charge >= 0.3 is 12.4 Å². The Balaban J connectivity index is 2.32. The second-order valence-corrected chi connectivity index (χ2v) is 9.59. The summed E-state index contributed by atoms with van der Waals surface area (Å²) in [6, 6.07) is 8.03. The Kier molecular flexibility index (Phi) is 7.52. The predicted octanol–water partition coefficient (Wildman–Crippen LogP) is 2.97. The van der Waals surface area contributed by atoms with Crippen LogP contribution in [0, 0.1) is 0 Å². The normalized spacial score (nSPS) is 20.5. The maximum atomic E-state index is 13.1. The maximum Gasteiger partial charge on any atom is 0.481 e. The lowest BCUT2D eigenvalue weighted by molar-refractivity contribution is -0.997. The number of ketones is 1. The van der Waals surface area contributed by atoms with Gasteiger partial charge in [-0.2, -0.15) is 10.3 Å². The first-order valence-corrected chi connectivity index (χ1v) is 10.2. The van der Waals surface area contributed by atoms with Crippen molar-refractivity contribution in [2.75, 3.05) is 13.1 Å². The molecule has 1 aromatic rings. The number of rotatable bonds is 6. The van der Waals surface area contributed by atoms with Crippen molar-refractivity contribution in [2.24, 2.45) is 0 Å². The highest BCUT2D eigenvalue weighted by molar-refractivity contribution is 5.88. The monoisotopic (exact) mass is 420 g/mol. The topological polar surface area (TPSA) is 84.9 Å². The number of nitrogens with one attached hydrogen (secondary N) is 1. The van der Waals surface area contributed by atoms with Gasteiger partial charge in [-0.15, -0.1) is 0 Å². The molecule has 3 amide bonds. The first-order chi connectivity index (χ1) is 13.9. The Morgan fingerprint density at radius 1 is 1.17 bits per heavy atom. The Hall–Kier alpha value is -2.13. The van der Waals surface area contributed by atoms with Gasteiger partial charge in [-0.05, 0) is 51.8 Å². The van der Waals surface area contributed by atoms with Crippen LogP contribution in [0.1, 0.15) is 53.5 Å². The Labute approximate surface area is 178 Å². The minimum absolute atomic E-state index is 0.193. The van der Waals surface area contributed by atoms with Crippen LogP contribution < -0.4 is 5.48 Å². The van der Waals surface area contributed by atoms with Crippen LogP contribution in [-0.2, 0) is 25.8 Å². The van der Waals surface area contributed by atoms with E-state index in [9.17, 15) is 14.4 Å². The van der Waals surface area contributed by atoms with E-state index in [1.54, 1.807) is 41.5 Å². The highest BCUT2D eigenvalue weighted by atomic mass is 16.8. The number of hydroxylamine groups is 4. The molecule has 2 unspecified atom stereocenters. The number of amides is 3. The van der Waals surface area contributed by atoms with Gasteiger partial charge in [-0.25, -0.2) is 9.59 Å². The summed E-state index contributed by atoms with van der Waals surface area (Å²) in [5.41, 5.74) is 1.88. The standard InChI is InChI=1S/C22H33N3O5/c1-21(2,3)29-23-20(28)25(16-26,30-22(4,5)6)18-15-24(13-12-19(18)27)14-17-10-8-7-9-11-17/h7-11,16,18H,12-15H2,1-6H3/p+1. The molecule has 8 nitrogen and oxygen atoms in total. The molecule has 0 aliphatic carbocycles. The summed E-state index contributed by atoms with van der Waals surface area (Å²) in [7, 11) is 0. The molecule has 0 bridgehead atoms. The Bertz CT molecular complexity index is 754. The molecule has 30 heavy (non-hydrogen) atoms. The summed E-state index contributed by atoms with van der Waals surface area (Å²) < 4.78 is -1.12. The minimum atomic E-state index is -1.12. The zero-order valence-corrected chi connectivity index (χ0v) is 18.8. The third-order valence-corrected chi connectivity index (χ3v) is 4.53. The van der Waals surface area contributed by atoms with Gasteiger partial charge in [0.15, 0.2) is 5.78 Å². The zero-order chi connectivity index (χ0) is 22.6. The summed E-state index contributed by atoms with van der Waals surface area (Å²) in [5.74, 6) is -0.193. The fourth-order valence-electron chi connectivity index (χ4n) is 3.30. The van der Waals surface area contributed by atoms with Crippen molar-refractivity contribution in [1.82, 2.24) is 10.4 Å². The van der Waals surface area contributed by atoms with Crippen molar-refractivity contribution >= 4 is 18.2 Å². The molecule has 1 heterocycles. The first kappa shape index (κ1) is 24.1. The SMILES string of the molecule is CC(C)(C)ONC(=O)[N+](C=O)(OC(C)(C)C)C1CN(Cc2ccccc2)CCC1=O. The summed E-state index contributed by atoms with van der Waals surface area (Å²) in [4.78, 5) is 51.7. The number of hydrogen-bond donors (Lipinski definition) is 1. The molecule has 0 spiro atoms. The average Bonchev–Trinajstić information content (AvgIpc) is 2.65. The Morgan fingerprint density at radius 3 is 2.33 bits per heavy atom. The number of carbonyl (C=O) groups is 3. The van der Waals surface area contributed by atoms with E-state index in [2.05, 4.69) is 10.4 Å². The van der Waals surface area contributed by atoms with Gasteiger partial charge in [0.1, 0.15) is 5.60 Å². The van der Waals surface area contributed by atoms with Crippen LogP contribution in [0.3, 0.4) is 0 Å². The quantitative estimate of drug-likeness (QED) is 0.433. The number of piperidine rings is 1. The molecule has 0 saturated carbocycles. The number of urea groups is 1. The molecule has 1 aromatic carbocycles. The van der Waals surface area contributed by atoms with Crippen molar-refractivity contribution in [3.05, 3.63) is 35.9 Å². The number of likely N-dealkylation sites (tertiary alicyclic amines) is 1. The van der Waals surface area contributed by atoms with Crippen LogP contribution in [0.2, 0.25) is 0 Å². The molecule has 1 saturated heterocycles. The molecule has 0 radical (unpaired) electrons. The second-order valence-electron chi connectivity index (χ2n) is 9.59. The second kappa shape index (κ2) is 9.34. The minimum Gasteiger partial charge on any atom is -0.293 e. The van der Waals surface area contributed by atoms with Gasteiger partial charge in [0.05, 0.1) is 12.1 Å². The number of carbonyl (C=O) groups excluding carboxylic acids is 3. The van der Waals surface area contributed by atoms with Gasteiger partial charge in [0, 0.05) is 19.5 Å². The smallest absolute Gasteiger partial charge is 0.293 e. The first-order valence-electron chi connectivity index (χ1n) is 10.2. The van der Waals surface area contributed by atoms with Crippen LogP contribution in [0.15, 0.2) is 30.3 Å². The fraction of sp³-hybridized carbons (Fsp3) is 0.591. The van der Waals surface area contributed by atoms with Gasteiger partial charge in [0.2, 0.25) is 6.04 Å². The van der Waals surface area contributed by atoms with E-state index in [1.165, 1.54) is 0 Å². The highest BCUT2D eigenvalue weighted by Crippen LogP contribution is 2.27. The maximum absolute atomic E-state index is 13.1. The van der Waals surface area contributed by atoms with Crippen molar-refractivity contribution in [1.29, 1.82) is 0 Å². The predicted molar refractivity (Wildman–Crippen MR) is 112 cm³/mol. The van der Waals surface area contributed by atoms with Gasteiger partial charge < -0.3 is 0 Å². The van der Waals surface area contributed by atoms with E-state index in [4.69, 9.17) is 9.68 Å². The molecule has 2 atom stereocenters. The largest absolute Gasteiger partial charge is 0.481 e. The molecular formula is C22H34N3O5+. The van der Waals surface area contributed by atoms with Crippen LogP contribution in [0.5, 0.6) is 0 Å². The van der Waals surface area contributed by atoms with E-state index >= 15 is 0 Å². The van der Waals surface area contributed by atoms with Crippen molar-refractivity contribution in [3.8, 4) is 0 Å². The van der Waals surface area contributed by atoms with Crippen molar-refractivity contribution in [2.45, 2.75) is 71.8 Å². The third kappa shape index (κ3) is 6.43. The number of imide groups is 1. The summed E-state index contributed by atoms with van der Waals surface area (Å²) in [5, 5.41) is 0. The molecule has 166 valence electrons. The van der Waals surface area contributed by atoms with Gasteiger partial charge in [0.25, 0.3) is 0 Å². The van der Waals surface area contributed by atoms with E-state index in [-0.39, 0.29) is 18.7 Å². The van der Waals surface area contributed by atoms with Crippen molar-refractivity contribution < 1.29 is 28.7 Å². The van der Waals surface area contributed by atoms with Gasteiger partial charge in [-0.1, -0.05) is 30.3 Å². The molecule has 1 fully saturated rings. The van der Waals surface area contributed by atoms with Crippen LogP contribution in [0.25, 0.3) is 0 Å². The molecule has 2 rings (SSSR count). The molecule has 1 aliphatic heterocycles. The average molecular weight is 421 g/mol. The Morgan fingerprint density at radius 2 is 1.80 bits per heavy atom. The molecular weight excluding hydrogens is 386 g/mol. The lowest BCUT2D eigenvalue weighted by atomic mass is 10.0.